The first-order valence-electron chi connectivity index (χ1n) is 6.54. The molecular weight excluding hydrogens is 299 g/mol. The monoisotopic (exact) mass is 312 g/mol. The van der Waals surface area contributed by atoms with Crippen LogP contribution in [-0.2, 0) is 11.3 Å². The van der Waals surface area contributed by atoms with Gasteiger partial charge >= 0.3 is 5.97 Å². The summed E-state index contributed by atoms with van der Waals surface area (Å²) in [6.07, 6.45) is 2.36. The summed E-state index contributed by atoms with van der Waals surface area (Å²) in [4.78, 5) is 15.7. The third-order valence-electron chi connectivity index (χ3n) is 3.85. The number of carboxylic acid groups (broad SMARTS) is 1. The molecule has 1 aromatic carbocycles. The highest BCUT2D eigenvalue weighted by atomic mass is 35.5. The lowest BCUT2D eigenvalue weighted by Gasteiger charge is -2.12. The normalized spacial score (nSPS) is 16.6. The smallest absolute Gasteiger partial charge is 0.323 e. The van der Waals surface area contributed by atoms with Crippen molar-refractivity contribution in [3.63, 3.8) is 0 Å². The molecule has 1 saturated carbocycles. The maximum atomic E-state index is 11.1. The summed E-state index contributed by atoms with van der Waals surface area (Å²) in [5.74, 6) is 0.771. The lowest BCUT2D eigenvalue weighted by Crippen LogP contribution is -2.14. The van der Waals surface area contributed by atoms with Crippen molar-refractivity contribution < 1.29 is 9.90 Å². The summed E-state index contributed by atoms with van der Waals surface area (Å²) in [7, 11) is 0. The summed E-state index contributed by atoms with van der Waals surface area (Å²) in [5, 5.41) is 9.97. The van der Waals surface area contributed by atoms with Crippen LogP contribution in [0.5, 0.6) is 0 Å². The highest BCUT2D eigenvalue weighted by Crippen LogP contribution is 2.43. The maximum Gasteiger partial charge on any atom is 0.323 e. The van der Waals surface area contributed by atoms with Crippen LogP contribution in [0.2, 0.25) is 10.0 Å². The molecule has 0 aliphatic heterocycles. The summed E-state index contributed by atoms with van der Waals surface area (Å²) in [5.41, 5.74) is 1.42. The van der Waals surface area contributed by atoms with Crippen molar-refractivity contribution in [3.8, 4) is 0 Å². The van der Waals surface area contributed by atoms with Crippen molar-refractivity contribution >= 4 is 40.2 Å². The Hall–Kier alpha value is -1.26. The van der Waals surface area contributed by atoms with Crippen molar-refractivity contribution in [3.05, 3.63) is 28.0 Å². The fraction of sp³-hybridized carbons (Fsp3) is 0.429. The largest absolute Gasteiger partial charge is 0.480 e. The minimum Gasteiger partial charge on any atom is -0.480 e. The van der Waals surface area contributed by atoms with Gasteiger partial charge in [-0.05, 0) is 30.9 Å². The van der Waals surface area contributed by atoms with E-state index in [2.05, 4.69) is 11.9 Å². The first-order chi connectivity index (χ1) is 9.47. The van der Waals surface area contributed by atoms with Gasteiger partial charge in [0.25, 0.3) is 0 Å². The molecule has 106 valence electrons. The molecule has 1 unspecified atom stereocenters. The molecule has 3 rings (SSSR count). The number of benzene rings is 1. The number of nitrogens with zero attached hydrogens (tertiary/aromatic N) is 2. The Balaban J connectivity index is 2.18. The van der Waals surface area contributed by atoms with Crippen molar-refractivity contribution in [2.45, 2.75) is 32.2 Å². The quantitative estimate of drug-likeness (QED) is 0.930. The van der Waals surface area contributed by atoms with Crippen LogP contribution in [0.25, 0.3) is 11.0 Å². The summed E-state index contributed by atoms with van der Waals surface area (Å²) >= 11 is 12.1. The lowest BCUT2D eigenvalue weighted by molar-refractivity contribution is -0.137. The molecule has 1 atom stereocenters. The van der Waals surface area contributed by atoms with E-state index in [-0.39, 0.29) is 12.5 Å². The van der Waals surface area contributed by atoms with Crippen LogP contribution in [-0.4, -0.2) is 20.6 Å². The van der Waals surface area contributed by atoms with E-state index in [4.69, 9.17) is 28.3 Å². The van der Waals surface area contributed by atoms with Gasteiger partial charge in [-0.1, -0.05) is 30.1 Å². The molecule has 1 N–H and O–H groups in total. The predicted molar refractivity (Wildman–Crippen MR) is 78.5 cm³/mol. The lowest BCUT2D eigenvalue weighted by atomic mass is 10.1. The summed E-state index contributed by atoms with van der Waals surface area (Å²) in [6.45, 7) is 1.99. The van der Waals surface area contributed by atoms with E-state index < -0.39 is 5.97 Å². The van der Waals surface area contributed by atoms with Crippen LogP contribution in [0.15, 0.2) is 12.1 Å². The molecule has 20 heavy (non-hydrogen) atoms. The number of halogens is 2. The van der Waals surface area contributed by atoms with Gasteiger partial charge in [-0.3, -0.25) is 4.79 Å². The van der Waals surface area contributed by atoms with Crippen LogP contribution in [0.1, 0.15) is 31.5 Å². The molecule has 1 heterocycles. The molecule has 2 aromatic rings. The molecule has 0 saturated heterocycles. The maximum absolute atomic E-state index is 11.1. The molecule has 4 nitrogen and oxygen atoms in total. The standard InChI is InChI=1S/C14H14Cl2N2O2/c1-7(8-2-3-8)14-17-11-4-9(15)10(16)5-12(11)18(14)6-13(19)20/h4-5,7-8H,2-3,6H2,1H3,(H,19,20). The number of fused-ring (bicyclic) bond motifs is 1. The molecule has 0 amide bonds. The van der Waals surface area contributed by atoms with Gasteiger partial charge in [0.05, 0.1) is 21.1 Å². The molecule has 1 aromatic heterocycles. The number of imidazole rings is 1. The zero-order valence-corrected chi connectivity index (χ0v) is 12.4. The second-order valence-corrected chi connectivity index (χ2v) is 6.15. The Labute approximate surface area is 126 Å². The minimum atomic E-state index is -0.889. The Morgan fingerprint density at radius 2 is 2.10 bits per heavy atom. The van der Waals surface area contributed by atoms with E-state index in [1.54, 1.807) is 16.7 Å². The van der Waals surface area contributed by atoms with Crippen molar-refractivity contribution in [2.24, 2.45) is 5.92 Å². The number of carboxylic acids is 1. The molecule has 0 spiro atoms. The third kappa shape index (κ3) is 2.38. The Morgan fingerprint density at radius 1 is 1.45 bits per heavy atom. The number of aliphatic carboxylic acids is 1. The van der Waals surface area contributed by atoms with Gasteiger partial charge in [-0.2, -0.15) is 0 Å². The average Bonchev–Trinajstić information content (AvgIpc) is 3.16. The molecule has 1 aliphatic rings. The van der Waals surface area contributed by atoms with Crippen molar-refractivity contribution in [2.75, 3.05) is 0 Å². The van der Waals surface area contributed by atoms with Crippen LogP contribution in [0, 0.1) is 5.92 Å². The molecule has 1 fully saturated rings. The van der Waals surface area contributed by atoms with Crippen LogP contribution >= 0.6 is 23.2 Å². The van der Waals surface area contributed by atoms with E-state index in [0.29, 0.717) is 21.5 Å². The van der Waals surface area contributed by atoms with Crippen molar-refractivity contribution in [1.82, 2.24) is 9.55 Å². The van der Waals surface area contributed by atoms with Gasteiger partial charge in [0.15, 0.2) is 0 Å². The first-order valence-corrected chi connectivity index (χ1v) is 7.30. The highest BCUT2D eigenvalue weighted by Gasteiger charge is 2.32. The van der Waals surface area contributed by atoms with Crippen molar-refractivity contribution in [1.29, 1.82) is 0 Å². The average molecular weight is 313 g/mol. The van der Waals surface area contributed by atoms with Gasteiger partial charge in [0, 0.05) is 5.92 Å². The van der Waals surface area contributed by atoms with Gasteiger partial charge in [-0.15, -0.1) is 0 Å². The highest BCUT2D eigenvalue weighted by molar-refractivity contribution is 6.42. The van der Waals surface area contributed by atoms with Crippen LogP contribution < -0.4 is 0 Å². The molecule has 0 radical (unpaired) electrons. The Morgan fingerprint density at radius 3 is 2.70 bits per heavy atom. The molecule has 1 aliphatic carbocycles. The van der Waals surface area contributed by atoms with E-state index in [9.17, 15) is 4.79 Å². The third-order valence-corrected chi connectivity index (χ3v) is 4.57. The number of carbonyl (C=O) groups is 1. The van der Waals surface area contributed by atoms with Gasteiger partial charge in [0.1, 0.15) is 12.4 Å². The summed E-state index contributed by atoms with van der Waals surface area (Å²) in [6, 6.07) is 3.39. The van der Waals surface area contributed by atoms with E-state index in [1.165, 1.54) is 12.8 Å². The number of hydrogen-bond donors (Lipinski definition) is 1. The number of rotatable bonds is 4. The fourth-order valence-electron chi connectivity index (χ4n) is 2.59. The predicted octanol–water partition coefficient (Wildman–Crippen LogP) is 3.94. The second-order valence-electron chi connectivity index (χ2n) is 5.33. The minimum absolute atomic E-state index is 0.110. The Bertz CT molecular complexity index is 692. The van der Waals surface area contributed by atoms with Crippen LogP contribution in [0.3, 0.4) is 0 Å². The SMILES string of the molecule is CC(c1nc2cc(Cl)c(Cl)cc2n1CC(=O)O)C1CC1. The van der Waals surface area contributed by atoms with Gasteiger partial charge < -0.3 is 9.67 Å². The van der Waals surface area contributed by atoms with Crippen LogP contribution in [0.4, 0.5) is 0 Å². The van der Waals surface area contributed by atoms with E-state index >= 15 is 0 Å². The second kappa shape index (κ2) is 4.93. The Kier molecular flexibility index (Phi) is 3.38. The molecular formula is C14H14Cl2N2O2. The zero-order chi connectivity index (χ0) is 14.4. The summed E-state index contributed by atoms with van der Waals surface area (Å²) < 4.78 is 1.74. The van der Waals surface area contributed by atoms with Gasteiger partial charge in [-0.25, -0.2) is 4.98 Å². The van der Waals surface area contributed by atoms with E-state index in [0.717, 1.165) is 11.3 Å². The number of aromatic nitrogens is 2. The van der Waals surface area contributed by atoms with E-state index in [1.807, 2.05) is 0 Å². The zero-order valence-electron chi connectivity index (χ0n) is 10.9. The first kappa shape index (κ1) is 13.7. The molecule has 0 bridgehead atoms. The fourth-order valence-corrected chi connectivity index (χ4v) is 2.91. The topological polar surface area (TPSA) is 55.1 Å². The molecule has 6 heteroatoms. The van der Waals surface area contributed by atoms with Gasteiger partial charge in [0.2, 0.25) is 0 Å². The number of hydrogen-bond acceptors (Lipinski definition) is 2.